The maximum absolute atomic E-state index is 11.9. The fourth-order valence-electron chi connectivity index (χ4n) is 1.61. The fraction of sp³-hybridized carbons (Fsp3) is 0.467. The predicted octanol–water partition coefficient (Wildman–Crippen LogP) is 1.80. The summed E-state index contributed by atoms with van der Waals surface area (Å²) in [6.07, 6.45) is 0.424. The van der Waals surface area contributed by atoms with Crippen LogP contribution in [0.3, 0.4) is 0 Å². The van der Waals surface area contributed by atoms with E-state index in [-0.39, 0.29) is 43.0 Å². The molecule has 0 bridgehead atoms. The molecule has 0 heterocycles. The third-order valence-electron chi connectivity index (χ3n) is 3.09. The first-order chi connectivity index (χ1) is 9.56. The zero-order chi connectivity index (χ0) is 15.0. The van der Waals surface area contributed by atoms with E-state index in [9.17, 15) is 9.59 Å². The van der Waals surface area contributed by atoms with Gasteiger partial charge < -0.3 is 15.4 Å². The van der Waals surface area contributed by atoms with Crippen LogP contribution in [-0.2, 0) is 4.79 Å². The second-order valence-electron chi connectivity index (χ2n) is 4.65. The van der Waals surface area contributed by atoms with Gasteiger partial charge >= 0.3 is 0 Å². The van der Waals surface area contributed by atoms with Gasteiger partial charge in [0.05, 0.1) is 7.11 Å². The second kappa shape index (κ2) is 10.2. The van der Waals surface area contributed by atoms with Crippen molar-refractivity contribution < 1.29 is 14.3 Å². The number of rotatable bonds is 8. The maximum Gasteiger partial charge on any atom is 0.220 e. The van der Waals surface area contributed by atoms with Crippen LogP contribution in [-0.4, -0.2) is 38.4 Å². The standard InChI is InChI=1S/C15H22N2O3.ClH/c1-11(16-2)10-17-15(19)9-8-14(18)12-4-6-13(20-3)7-5-12;/h4-7,11,16H,8-10H2,1-3H3,(H,17,19);1H. The SMILES string of the molecule is CNC(C)CNC(=O)CCC(=O)c1ccc(OC)cc1.Cl. The zero-order valence-corrected chi connectivity index (χ0v) is 13.5. The number of amides is 1. The Kier molecular flexibility index (Phi) is 9.41. The van der Waals surface area contributed by atoms with Gasteiger partial charge in [0, 0.05) is 31.0 Å². The molecule has 5 nitrogen and oxygen atoms in total. The summed E-state index contributed by atoms with van der Waals surface area (Å²) in [6, 6.07) is 7.12. The van der Waals surface area contributed by atoms with Crippen LogP contribution in [0.15, 0.2) is 24.3 Å². The van der Waals surface area contributed by atoms with Crippen LogP contribution in [0.25, 0.3) is 0 Å². The number of nitrogens with one attached hydrogen (secondary N) is 2. The highest BCUT2D eigenvalue weighted by atomic mass is 35.5. The van der Waals surface area contributed by atoms with Gasteiger partial charge in [-0.25, -0.2) is 0 Å². The molecule has 0 aromatic heterocycles. The quantitative estimate of drug-likeness (QED) is 0.718. The van der Waals surface area contributed by atoms with Crippen molar-refractivity contribution in [3.05, 3.63) is 29.8 Å². The second-order valence-corrected chi connectivity index (χ2v) is 4.65. The van der Waals surface area contributed by atoms with Gasteiger partial charge in [-0.15, -0.1) is 12.4 Å². The molecule has 0 spiro atoms. The number of halogens is 1. The van der Waals surface area contributed by atoms with E-state index in [4.69, 9.17) is 4.74 Å². The Hall–Kier alpha value is -1.59. The number of carbonyl (C=O) groups is 2. The first-order valence-electron chi connectivity index (χ1n) is 6.68. The number of methoxy groups -OCH3 is 1. The normalized spacial score (nSPS) is 11.2. The molecule has 1 aromatic rings. The highest BCUT2D eigenvalue weighted by Crippen LogP contribution is 2.13. The molecule has 0 fully saturated rings. The van der Waals surface area contributed by atoms with E-state index in [0.717, 1.165) is 0 Å². The molecule has 0 saturated heterocycles. The fourth-order valence-corrected chi connectivity index (χ4v) is 1.61. The van der Waals surface area contributed by atoms with Gasteiger partial charge in [0.25, 0.3) is 0 Å². The van der Waals surface area contributed by atoms with E-state index in [1.165, 1.54) is 0 Å². The van der Waals surface area contributed by atoms with Crippen LogP contribution >= 0.6 is 12.4 Å². The lowest BCUT2D eigenvalue weighted by molar-refractivity contribution is -0.121. The number of benzene rings is 1. The molecule has 1 unspecified atom stereocenters. The number of ether oxygens (including phenoxy) is 1. The number of ketones is 1. The van der Waals surface area contributed by atoms with Crippen LogP contribution in [0.4, 0.5) is 0 Å². The number of carbonyl (C=O) groups excluding carboxylic acids is 2. The molecule has 0 aliphatic heterocycles. The largest absolute Gasteiger partial charge is 0.497 e. The van der Waals surface area contributed by atoms with Crippen molar-refractivity contribution in [3.8, 4) is 5.75 Å². The van der Waals surface area contributed by atoms with Crippen LogP contribution in [0.5, 0.6) is 5.75 Å². The summed E-state index contributed by atoms with van der Waals surface area (Å²) in [6.45, 7) is 2.54. The lowest BCUT2D eigenvalue weighted by Crippen LogP contribution is -2.37. The van der Waals surface area contributed by atoms with E-state index in [1.807, 2.05) is 14.0 Å². The van der Waals surface area contributed by atoms with Crippen LogP contribution < -0.4 is 15.4 Å². The summed E-state index contributed by atoms with van der Waals surface area (Å²) in [7, 11) is 3.41. The lowest BCUT2D eigenvalue weighted by Gasteiger charge is -2.11. The van der Waals surface area contributed by atoms with E-state index in [0.29, 0.717) is 17.9 Å². The van der Waals surface area contributed by atoms with E-state index in [2.05, 4.69) is 10.6 Å². The Morgan fingerprint density at radius 1 is 1.19 bits per heavy atom. The molecular weight excluding hydrogens is 292 g/mol. The van der Waals surface area contributed by atoms with Crippen molar-refractivity contribution in [1.29, 1.82) is 0 Å². The summed E-state index contributed by atoms with van der Waals surface area (Å²) < 4.78 is 5.03. The number of hydrogen-bond acceptors (Lipinski definition) is 4. The molecule has 21 heavy (non-hydrogen) atoms. The molecule has 6 heteroatoms. The summed E-state index contributed by atoms with van der Waals surface area (Å²) >= 11 is 0. The molecule has 1 aromatic carbocycles. The van der Waals surface area contributed by atoms with Crippen LogP contribution in [0.1, 0.15) is 30.1 Å². The van der Waals surface area contributed by atoms with Crippen molar-refractivity contribution in [2.24, 2.45) is 0 Å². The lowest BCUT2D eigenvalue weighted by atomic mass is 10.1. The average Bonchev–Trinajstić information content (AvgIpc) is 2.50. The third-order valence-corrected chi connectivity index (χ3v) is 3.09. The third kappa shape index (κ3) is 7.11. The molecule has 118 valence electrons. The van der Waals surface area contributed by atoms with Crippen molar-refractivity contribution >= 4 is 24.1 Å². The molecule has 1 rings (SSSR count). The highest BCUT2D eigenvalue weighted by molar-refractivity contribution is 5.98. The minimum atomic E-state index is -0.103. The minimum absolute atomic E-state index is 0. The Balaban J connectivity index is 0.00000400. The number of hydrogen-bond donors (Lipinski definition) is 2. The monoisotopic (exact) mass is 314 g/mol. The number of likely N-dealkylation sites (N-methyl/N-ethyl adjacent to an activating group) is 1. The Morgan fingerprint density at radius 2 is 1.81 bits per heavy atom. The van der Waals surface area contributed by atoms with Gasteiger partial charge in [-0.05, 0) is 38.2 Å². The topological polar surface area (TPSA) is 67.4 Å². The van der Waals surface area contributed by atoms with Gasteiger partial charge in [-0.3, -0.25) is 9.59 Å². The molecule has 1 atom stereocenters. The Labute approximate surface area is 131 Å². The van der Waals surface area contributed by atoms with Crippen LogP contribution in [0, 0.1) is 0 Å². The smallest absolute Gasteiger partial charge is 0.220 e. The van der Waals surface area contributed by atoms with Gasteiger partial charge in [0.1, 0.15) is 5.75 Å². The van der Waals surface area contributed by atoms with Gasteiger partial charge in [0.2, 0.25) is 5.91 Å². The molecule has 1 amide bonds. The molecule has 0 aliphatic rings. The first-order valence-corrected chi connectivity index (χ1v) is 6.68. The van der Waals surface area contributed by atoms with E-state index in [1.54, 1.807) is 31.4 Å². The molecule has 2 N–H and O–H groups in total. The van der Waals surface area contributed by atoms with Crippen LogP contribution in [0.2, 0.25) is 0 Å². The maximum atomic E-state index is 11.9. The van der Waals surface area contributed by atoms with E-state index >= 15 is 0 Å². The summed E-state index contributed by atoms with van der Waals surface area (Å²) in [4.78, 5) is 23.5. The molecule has 0 radical (unpaired) electrons. The van der Waals surface area contributed by atoms with E-state index < -0.39 is 0 Å². The Morgan fingerprint density at radius 3 is 2.33 bits per heavy atom. The molecule has 0 saturated carbocycles. The van der Waals surface area contributed by atoms with Crippen molar-refractivity contribution in [2.45, 2.75) is 25.8 Å². The summed E-state index contributed by atoms with van der Waals surface area (Å²) in [5.74, 6) is 0.568. The number of Topliss-reactive ketones (excluding diaryl/α,β-unsaturated/α-hetero) is 1. The average molecular weight is 315 g/mol. The highest BCUT2D eigenvalue weighted by Gasteiger charge is 2.10. The van der Waals surface area contributed by atoms with Crippen molar-refractivity contribution in [2.75, 3.05) is 20.7 Å². The predicted molar refractivity (Wildman–Crippen MR) is 85.3 cm³/mol. The zero-order valence-electron chi connectivity index (χ0n) is 12.6. The van der Waals surface area contributed by atoms with Gasteiger partial charge in [-0.1, -0.05) is 0 Å². The van der Waals surface area contributed by atoms with Gasteiger partial charge in [0.15, 0.2) is 5.78 Å². The molecular formula is C15H23ClN2O3. The molecule has 0 aliphatic carbocycles. The van der Waals surface area contributed by atoms with Gasteiger partial charge in [-0.2, -0.15) is 0 Å². The summed E-state index contributed by atoms with van der Waals surface area (Å²) in [5, 5.41) is 5.81. The minimum Gasteiger partial charge on any atom is -0.497 e. The van der Waals surface area contributed by atoms with Crippen molar-refractivity contribution in [1.82, 2.24) is 10.6 Å². The van der Waals surface area contributed by atoms with Crippen molar-refractivity contribution in [3.63, 3.8) is 0 Å². The summed E-state index contributed by atoms with van der Waals surface area (Å²) in [5.41, 5.74) is 0.599. The first kappa shape index (κ1) is 19.4. The Bertz CT molecular complexity index is 449.